The predicted molar refractivity (Wildman–Crippen MR) is 69.6 cm³/mol. The zero-order valence-electron chi connectivity index (χ0n) is 10.6. The van der Waals surface area contributed by atoms with Crippen molar-refractivity contribution in [1.82, 2.24) is 5.43 Å². The molecular weight excluding hydrogens is 212 g/mol. The van der Waals surface area contributed by atoms with Crippen molar-refractivity contribution in [1.29, 1.82) is 0 Å². The quantitative estimate of drug-likeness (QED) is 0.608. The fourth-order valence-electron chi connectivity index (χ4n) is 2.33. The zero-order chi connectivity index (χ0) is 12.3. The average Bonchev–Trinajstić information content (AvgIpc) is 2.22. The molecule has 3 heteroatoms. The molecule has 0 bridgehead atoms. The van der Waals surface area contributed by atoms with E-state index in [9.17, 15) is 0 Å². The summed E-state index contributed by atoms with van der Waals surface area (Å²) in [7, 11) is 0. The molecule has 0 radical (unpaired) electrons. The molecule has 1 aromatic carbocycles. The predicted octanol–water partition coefficient (Wildman–Crippen LogP) is 2.78. The summed E-state index contributed by atoms with van der Waals surface area (Å²) in [4.78, 5) is 0. The number of hydrazine groups is 1. The molecule has 0 heterocycles. The molecular formula is C14H22N2O. The number of hydrogen-bond acceptors (Lipinski definition) is 3. The van der Waals surface area contributed by atoms with Gasteiger partial charge in [0.1, 0.15) is 5.75 Å². The molecule has 17 heavy (non-hydrogen) atoms. The van der Waals surface area contributed by atoms with Crippen LogP contribution >= 0.6 is 0 Å². The standard InChI is InChI=1S/C14H22N2O/c1-10(2)17-13-8-4-7-12(9-13)14(16-15)11-5-3-6-11/h4,7-11,14,16H,3,5-6,15H2,1-2H3. The van der Waals surface area contributed by atoms with E-state index in [-0.39, 0.29) is 12.1 Å². The molecule has 0 spiro atoms. The third-order valence-corrected chi connectivity index (χ3v) is 3.39. The Morgan fingerprint density at radius 3 is 2.65 bits per heavy atom. The van der Waals surface area contributed by atoms with Crippen molar-refractivity contribution >= 4 is 0 Å². The Morgan fingerprint density at radius 1 is 1.35 bits per heavy atom. The second-order valence-corrected chi connectivity index (χ2v) is 5.07. The third kappa shape index (κ3) is 2.99. The van der Waals surface area contributed by atoms with Crippen molar-refractivity contribution in [3.8, 4) is 5.75 Å². The van der Waals surface area contributed by atoms with Crippen molar-refractivity contribution in [2.45, 2.75) is 45.3 Å². The van der Waals surface area contributed by atoms with E-state index in [1.54, 1.807) is 0 Å². The molecule has 3 nitrogen and oxygen atoms in total. The summed E-state index contributed by atoms with van der Waals surface area (Å²) in [5.74, 6) is 7.28. The number of rotatable bonds is 5. The maximum Gasteiger partial charge on any atom is 0.120 e. The van der Waals surface area contributed by atoms with Gasteiger partial charge in [-0.3, -0.25) is 11.3 Å². The maximum atomic E-state index is 5.71. The van der Waals surface area contributed by atoms with E-state index < -0.39 is 0 Å². The number of hydrogen-bond donors (Lipinski definition) is 2. The molecule has 1 unspecified atom stereocenters. The van der Waals surface area contributed by atoms with E-state index in [2.05, 4.69) is 17.6 Å². The van der Waals surface area contributed by atoms with Crippen LogP contribution in [0.4, 0.5) is 0 Å². The van der Waals surface area contributed by atoms with Crippen molar-refractivity contribution < 1.29 is 4.74 Å². The van der Waals surface area contributed by atoms with E-state index in [0.29, 0.717) is 5.92 Å². The van der Waals surface area contributed by atoms with Crippen molar-refractivity contribution in [3.63, 3.8) is 0 Å². The first-order valence-electron chi connectivity index (χ1n) is 6.43. The lowest BCUT2D eigenvalue weighted by molar-refractivity contribution is 0.228. The summed E-state index contributed by atoms with van der Waals surface area (Å²) in [6, 6.07) is 8.52. The molecule has 94 valence electrons. The molecule has 2 rings (SSSR count). The highest BCUT2D eigenvalue weighted by Crippen LogP contribution is 2.37. The van der Waals surface area contributed by atoms with Crippen LogP contribution in [-0.2, 0) is 0 Å². The van der Waals surface area contributed by atoms with Crippen molar-refractivity contribution in [3.05, 3.63) is 29.8 Å². The van der Waals surface area contributed by atoms with Crippen LogP contribution < -0.4 is 16.0 Å². The van der Waals surface area contributed by atoms with Gasteiger partial charge in [-0.05, 0) is 50.3 Å². The Bertz CT molecular complexity index is 361. The Hall–Kier alpha value is -1.06. The van der Waals surface area contributed by atoms with Gasteiger partial charge in [0.2, 0.25) is 0 Å². The molecule has 0 aromatic heterocycles. The molecule has 0 saturated heterocycles. The van der Waals surface area contributed by atoms with E-state index in [1.807, 2.05) is 26.0 Å². The second-order valence-electron chi connectivity index (χ2n) is 5.07. The lowest BCUT2D eigenvalue weighted by Crippen LogP contribution is -2.36. The fourth-order valence-corrected chi connectivity index (χ4v) is 2.33. The molecule has 1 aliphatic carbocycles. The Morgan fingerprint density at radius 2 is 2.12 bits per heavy atom. The molecule has 3 N–H and O–H groups in total. The number of nitrogens with two attached hydrogens (primary N) is 1. The van der Waals surface area contributed by atoms with Gasteiger partial charge in [0.05, 0.1) is 6.10 Å². The fraction of sp³-hybridized carbons (Fsp3) is 0.571. The minimum absolute atomic E-state index is 0.207. The van der Waals surface area contributed by atoms with Crippen LogP contribution in [0.2, 0.25) is 0 Å². The van der Waals surface area contributed by atoms with Gasteiger partial charge in [-0.1, -0.05) is 18.6 Å². The molecule has 1 aliphatic rings. The van der Waals surface area contributed by atoms with Crippen LogP contribution in [-0.4, -0.2) is 6.10 Å². The Kier molecular flexibility index (Phi) is 4.02. The summed E-state index contributed by atoms with van der Waals surface area (Å²) in [5, 5.41) is 0. The normalized spacial score (nSPS) is 17.9. The van der Waals surface area contributed by atoms with Gasteiger partial charge in [-0.15, -0.1) is 0 Å². The third-order valence-electron chi connectivity index (χ3n) is 3.39. The maximum absolute atomic E-state index is 5.71. The summed E-state index contributed by atoms with van der Waals surface area (Å²) < 4.78 is 5.71. The van der Waals surface area contributed by atoms with E-state index in [4.69, 9.17) is 10.6 Å². The summed E-state index contributed by atoms with van der Waals surface area (Å²) >= 11 is 0. The molecule has 1 atom stereocenters. The van der Waals surface area contributed by atoms with Crippen LogP contribution in [0.15, 0.2) is 24.3 Å². The molecule has 1 aromatic rings. The smallest absolute Gasteiger partial charge is 0.120 e. The van der Waals surface area contributed by atoms with Gasteiger partial charge in [0.25, 0.3) is 0 Å². The van der Waals surface area contributed by atoms with Gasteiger partial charge >= 0.3 is 0 Å². The molecule has 0 amide bonds. The van der Waals surface area contributed by atoms with Gasteiger partial charge in [0, 0.05) is 6.04 Å². The van der Waals surface area contributed by atoms with Crippen LogP contribution in [0, 0.1) is 5.92 Å². The first-order valence-corrected chi connectivity index (χ1v) is 6.43. The highest BCUT2D eigenvalue weighted by atomic mass is 16.5. The van der Waals surface area contributed by atoms with Crippen LogP contribution in [0.25, 0.3) is 0 Å². The van der Waals surface area contributed by atoms with Crippen LogP contribution in [0.3, 0.4) is 0 Å². The van der Waals surface area contributed by atoms with E-state index in [0.717, 1.165) is 5.75 Å². The molecule has 1 fully saturated rings. The monoisotopic (exact) mass is 234 g/mol. The van der Waals surface area contributed by atoms with Gasteiger partial charge in [-0.25, -0.2) is 0 Å². The molecule has 1 saturated carbocycles. The summed E-state index contributed by atoms with van der Waals surface area (Å²) in [5.41, 5.74) is 4.18. The average molecular weight is 234 g/mol. The Labute approximate surface area is 103 Å². The van der Waals surface area contributed by atoms with Crippen LogP contribution in [0.5, 0.6) is 5.75 Å². The number of nitrogens with one attached hydrogen (secondary N) is 1. The number of benzene rings is 1. The second kappa shape index (κ2) is 5.52. The lowest BCUT2D eigenvalue weighted by Gasteiger charge is -2.33. The first-order chi connectivity index (χ1) is 8.20. The minimum atomic E-state index is 0.207. The van der Waals surface area contributed by atoms with E-state index in [1.165, 1.54) is 24.8 Å². The summed E-state index contributed by atoms with van der Waals surface area (Å²) in [6.07, 6.45) is 4.07. The lowest BCUT2D eigenvalue weighted by atomic mass is 9.77. The first kappa shape index (κ1) is 12.4. The highest BCUT2D eigenvalue weighted by Gasteiger charge is 2.27. The summed E-state index contributed by atoms with van der Waals surface area (Å²) in [6.45, 7) is 4.08. The largest absolute Gasteiger partial charge is 0.491 e. The van der Waals surface area contributed by atoms with Gasteiger partial charge < -0.3 is 4.74 Å². The minimum Gasteiger partial charge on any atom is -0.491 e. The SMILES string of the molecule is CC(C)Oc1cccc(C(NN)C2CCC2)c1. The number of ether oxygens (including phenoxy) is 1. The Balaban J connectivity index is 2.12. The highest BCUT2D eigenvalue weighted by molar-refractivity contribution is 5.31. The zero-order valence-corrected chi connectivity index (χ0v) is 10.6. The van der Waals surface area contributed by atoms with Gasteiger partial charge in [0.15, 0.2) is 0 Å². The van der Waals surface area contributed by atoms with Crippen LogP contribution in [0.1, 0.15) is 44.7 Å². The molecule has 0 aliphatic heterocycles. The van der Waals surface area contributed by atoms with E-state index >= 15 is 0 Å². The van der Waals surface area contributed by atoms with Crippen molar-refractivity contribution in [2.75, 3.05) is 0 Å². The van der Waals surface area contributed by atoms with Gasteiger partial charge in [-0.2, -0.15) is 0 Å². The topological polar surface area (TPSA) is 47.3 Å². The van der Waals surface area contributed by atoms with Crippen molar-refractivity contribution in [2.24, 2.45) is 11.8 Å².